The van der Waals surface area contributed by atoms with Gasteiger partial charge in [0, 0.05) is 31.5 Å². The van der Waals surface area contributed by atoms with Gasteiger partial charge in [-0.05, 0) is 56.4 Å². The molecule has 2 amide bonds. The smallest absolute Gasteiger partial charge is 0.259 e. The number of amides is 2. The maximum atomic E-state index is 13.6. The number of fused-ring (bicyclic) bond motifs is 1. The van der Waals surface area contributed by atoms with Crippen LogP contribution in [0.4, 0.5) is 5.95 Å². The highest BCUT2D eigenvalue weighted by Crippen LogP contribution is 2.32. The Bertz CT molecular complexity index is 1260. The van der Waals surface area contributed by atoms with Crippen LogP contribution in [0.25, 0.3) is 11.0 Å². The van der Waals surface area contributed by atoms with E-state index in [4.69, 9.17) is 0 Å². The molecule has 1 aliphatic heterocycles. The van der Waals surface area contributed by atoms with Crippen LogP contribution in [0.2, 0.25) is 0 Å². The molecule has 0 radical (unpaired) electrons. The molecule has 1 fully saturated rings. The van der Waals surface area contributed by atoms with Crippen LogP contribution in [0.1, 0.15) is 63.2 Å². The van der Waals surface area contributed by atoms with Gasteiger partial charge in [0.2, 0.25) is 11.9 Å². The lowest BCUT2D eigenvalue weighted by atomic mass is 9.83. The third-order valence-corrected chi connectivity index (χ3v) is 7.01. The van der Waals surface area contributed by atoms with E-state index in [1.807, 2.05) is 33.7 Å². The van der Waals surface area contributed by atoms with Crippen LogP contribution < -0.4 is 5.32 Å². The molecule has 0 saturated carbocycles. The second kappa shape index (κ2) is 10.9. The van der Waals surface area contributed by atoms with Crippen molar-refractivity contribution in [3.63, 3.8) is 0 Å². The number of hydrogen-bond acceptors (Lipinski definition) is 5. The summed E-state index contributed by atoms with van der Waals surface area (Å²) in [5, 5.41) is 12.9. The minimum absolute atomic E-state index is 0.0816. The predicted octanol–water partition coefficient (Wildman–Crippen LogP) is 5.03. The summed E-state index contributed by atoms with van der Waals surface area (Å²) in [7, 11) is 0. The molecule has 1 saturated heterocycles. The van der Waals surface area contributed by atoms with E-state index in [0.717, 1.165) is 36.7 Å². The van der Waals surface area contributed by atoms with Crippen molar-refractivity contribution in [2.45, 2.75) is 65.5 Å². The van der Waals surface area contributed by atoms with Crippen LogP contribution in [0.5, 0.6) is 0 Å². The molecule has 4 rings (SSSR count). The summed E-state index contributed by atoms with van der Waals surface area (Å²) in [5.74, 6) is 0.588. The van der Waals surface area contributed by atoms with E-state index in [-0.39, 0.29) is 17.9 Å². The van der Waals surface area contributed by atoms with Crippen molar-refractivity contribution in [2.75, 3.05) is 11.9 Å². The molecule has 36 heavy (non-hydrogen) atoms. The van der Waals surface area contributed by atoms with Gasteiger partial charge in [-0.3, -0.25) is 19.9 Å². The number of pyridine rings is 1. The zero-order chi connectivity index (χ0) is 25.7. The lowest BCUT2D eigenvalue weighted by Gasteiger charge is -2.32. The molecule has 1 aromatic carbocycles. The molecule has 1 aliphatic rings. The van der Waals surface area contributed by atoms with Crippen molar-refractivity contribution >= 4 is 28.8 Å². The Hall–Kier alpha value is -3.73. The van der Waals surface area contributed by atoms with Gasteiger partial charge in [0.1, 0.15) is 5.41 Å². The number of hydrogen-bond donors (Lipinski definition) is 1. The van der Waals surface area contributed by atoms with Gasteiger partial charge in [0.25, 0.3) is 5.91 Å². The summed E-state index contributed by atoms with van der Waals surface area (Å²) in [6.07, 6.45) is 7.26. The van der Waals surface area contributed by atoms with E-state index in [2.05, 4.69) is 35.2 Å². The minimum atomic E-state index is -1.04. The fraction of sp³-hybridized carbons (Fsp3) is 0.464. The largest absolute Gasteiger partial charge is 0.337 e. The van der Waals surface area contributed by atoms with Crippen molar-refractivity contribution < 1.29 is 9.59 Å². The van der Waals surface area contributed by atoms with E-state index in [0.29, 0.717) is 36.9 Å². The van der Waals surface area contributed by atoms with Crippen molar-refractivity contribution in [1.29, 1.82) is 5.26 Å². The number of benzene rings is 1. The lowest BCUT2D eigenvalue weighted by molar-refractivity contribution is -0.139. The normalized spacial score (nSPS) is 17.2. The summed E-state index contributed by atoms with van der Waals surface area (Å²) in [6, 6.07) is 13.4. The van der Waals surface area contributed by atoms with Crippen LogP contribution in [0.15, 0.2) is 48.8 Å². The van der Waals surface area contributed by atoms with Gasteiger partial charge < -0.3 is 9.47 Å². The highest BCUT2D eigenvalue weighted by atomic mass is 16.2. The van der Waals surface area contributed by atoms with E-state index < -0.39 is 5.41 Å². The molecule has 0 spiro atoms. The Kier molecular flexibility index (Phi) is 7.68. The molecule has 3 heterocycles. The third-order valence-electron chi connectivity index (χ3n) is 7.01. The number of likely N-dealkylation sites (tertiary alicyclic amines) is 1. The Labute approximate surface area is 212 Å². The van der Waals surface area contributed by atoms with E-state index in [9.17, 15) is 14.9 Å². The number of nitrogens with zero attached hydrogens (tertiary/aromatic N) is 5. The van der Waals surface area contributed by atoms with Crippen molar-refractivity contribution in [3.05, 3.63) is 54.4 Å². The standard InChI is InChI=1S/C28H34N6O2/c1-20(2)9-6-14-28(3,19-29)26(36)33-16-8-11-22(33)18-34-24-13-5-4-12-23(24)31-27(34)32-25(35)21-10-7-15-30-17-21/h4-5,7,10,12-13,15,17,20,22H,6,8-9,11,14,16,18H2,1-3H3,(H,31,32,35). The molecule has 8 nitrogen and oxygen atoms in total. The first-order valence-corrected chi connectivity index (χ1v) is 12.7. The SMILES string of the molecule is CC(C)CCCC(C)(C#N)C(=O)N1CCCC1Cn1c(NC(=O)c2cccnc2)nc2ccccc21. The van der Waals surface area contributed by atoms with Gasteiger partial charge in [-0.1, -0.05) is 38.8 Å². The summed E-state index contributed by atoms with van der Waals surface area (Å²) < 4.78 is 1.97. The van der Waals surface area contributed by atoms with Gasteiger partial charge in [-0.2, -0.15) is 5.26 Å². The fourth-order valence-corrected chi connectivity index (χ4v) is 4.92. The highest BCUT2D eigenvalue weighted by Gasteiger charge is 2.41. The quantitative estimate of drug-likeness (QED) is 0.457. The Balaban J connectivity index is 1.58. The zero-order valence-corrected chi connectivity index (χ0v) is 21.3. The van der Waals surface area contributed by atoms with Crippen LogP contribution in [-0.4, -0.2) is 43.8 Å². The molecule has 2 unspecified atom stereocenters. The Morgan fingerprint density at radius 3 is 2.78 bits per heavy atom. The van der Waals surface area contributed by atoms with Crippen molar-refractivity contribution in [2.24, 2.45) is 11.3 Å². The first-order valence-electron chi connectivity index (χ1n) is 12.7. The molecule has 2 atom stereocenters. The van der Waals surface area contributed by atoms with Gasteiger partial charge in [-0.15, -0.1) is 0 Å². The molecule has 0 bridgehead atoms. The van der Waals surface area contributed by atoms with Gasteiger partial charge >= 0.3 is 0 Å². The topological polar surface area (TPSA) is 104 Å². The summed E-state index contributed by atoms with van der Waals surface area (Å²) >= 11 is 0. The van der Waals surface area contributed by atoms with Crippen molar-refractivity contribution in [3.8, 4) is 6.07 Å². The van der Waals surface area contributed by atoms with Crippen molar-refractivity contribution in [1.82, 2.24) is 19.4 Å². The van der Waals surface area contributed by atoms with Crippen LogP contribution in [0.3, 0.4) is 0 Å². The monoisotopic (exact) mass is 486 g/mol. The molecule has 0 aliphatic carbocycles. The van der Waals surface area contributed by atoms with E-state index >= 15 is 0 Å². The first kappa shape index (κ1) is 25.4. The van der Waals surface area contributed by atoms with Crippen LogP contribution >= 0.6 is 0 Å². The number of carbonyl (C=O) groups is 2. The predicted molar refractivity (Wildman–Crippen MR) is 139 cm³/mol. The Morgan fingerprint density at radius 1 is 1.25 bits per heavy atom. The zero-order valence-electron chi connectivity index (χ0n) is 21.3. The maximum Gasteiger partial charge on any atom is 0.259 e. The number of anilines is 1. The van der Waals surface area contributed by atoms with Crippen LogP contribution in [0, 0.1) is 22.7 Å². The second-order valence-corrected chi connectivity index (χ2v) is 10.3. The molecule has 1 N–H and O–H groups in total. The maximum absolute atomic E-state index is 13.6. The number of aromatic nitrogens is 3. The molecular formula is C28H34N6O2. The fourth-order valence-electron chi connectivity index (χ4n) is 4.92. The molecule has 3 aromatic rings. The number of nitriles is 1. The average Bonchev–Trinajstić information content (AvgIpc) is 3.48. The molecular weight excluding hydrogens is 452 g/mol. The highest BCUT2D eigenvalue weighted by molar-refractivity contribution is 6.03. The Morgan fingerprint density at radius 2 is 2.06 bits per heavy atom. The molecule has 2 aromatic heterocycles. The number of rotatable bonds is 9. The summed E-state index contributed by atoms with van der Waals surface area (Å²) in [5.41, 5.74) is 1.06. The molecule has 188 valence electrons. The van der Waals surface area contributed by atoms with Gasteiger partial charge in [0.15, 0.2) is 0 Å². The average molecular weight is 487 g/mol. The van der Waals surface area contributed by atoms with E-state index in [1.54, 1.807) is 25.3 Å². The molecule has 8 heteroatoms. The number of imidazole rings is 1. The number of para-hydroxylation sites is 2. The van der Waals surface area contributed by atoms with Gasteiger partial charge in [-0.25, -0.2) is 4.98 Å². The summed E-state index contributed by atoms with van der Waals surface area (Å²) in [6.45, 7) is 7.21. The third kappa shape index (κ3) is 5.40. The minimum Gasteiger partial charge on any atom is -0.337 e. The lowest BCUT2D eigenvalue weighted by Crippen LogP contribution is -2.45. The van der Waals surface area contributed by atoms with E-state index in [1.165, 1.54) is 6.20 Å². The number of nitrogens with one attached hydrogen (secondary N) is 1. The number of carbonyl (C=O) groups excluding carboxylic acids is 2. The second-order valence-electron chi connectivity index (χ2n) is 10.3. The van der Waals surface area contributed by atoms with Gasteiger partial charge in [0.05, 0.1) is 22.7 Å². The van der Waals surface area contributed by atoms with Crippen LogP contribution in [-0.2, 0) is 11.3 Å². The summed E-state index contributed by atoms with van der Waals surface area (Å²) in [4.78, 5) is 37.1. The first-order chi connectivity index (χ1) is 17.3.